The van der Waals surface area contributed by atoms with Gasteiger partial charge in [0, 0.05) is 34.5 Å². The number of nitrogen functional groups attached to an aromatic ring is 1. The summed E-state index contributed by atoms with van der Waals surface area (Å²) in [5.41, 5.74) is 6.98. The Morgan fingerprint density at radius 3 is 2.95 bits per heavy atom. The van der Waals surface area contributed by atoms with Gasteiger partial charge in [0.1, 0.15) is 17.5 Å². The topological polar surface area (TPSA) is 167 Å². The van der Waals surface area contributed by atoms with Gasteiger partial charge in [-0.3, -0.25) is 14.5 Å². The highest BCUT2D eigenvalue weighted by Gasteiger charge is 2.53. The fourth-order valence-corrected chi connectivity index (χ4v) is 6.20. The van der Waals surface area contributed by atoms with E-state index in [1.54, 1.807) is 0 Å². The number of oxime groups is 1. The van der Waals surface area contributed by atoms with Crippen molar-refractivity contribution in [1.29, 1.82) is 0 Å². The van der Waals surface area contributed by atoms with Crippen LogP contribution in [0, 0.1) is 0 Å². The zero-order valence-electron chi connectivity index (χ0n) is 20.4. The van der Waals surface area contributed by atoms with Crippen LogP contribution >= 0.6 is 23.3 Å². The number of nitrogens with zero attached hydrogens (tertiary/aromatic N) is 5. The maximum atomic E-state index is 13.2. The molecular formula is C24H25N7O5S2. The summed E-state index contributed by atoms with van der Waals surface area (Å²) >= 11 is 2.27. The highest BCUT2D eigenvalue weighted by molar-refractivity contribution is 8.00. The van der Waals surface area contributed by atoms with Gasteiger partial charge in [-0.05, 0) is 31.4 Å². The molecule has 0 bridgehead atoms. The average molecular weight is 556 g/mol. The van der Waals surface area contributed by atoms with Gasteiger partial charge in [-0.25, -0.2) is 4.57 Å². The molecule has 2 aliphatic heterocycles. The van der Waals surface area contributed by atoms with Crippen molar-refractivity contribution in [2.24, 2.45) is 5.16 Å². The molecule has 0 spiro atoms. The van der Waals surface area contributed by atoms with Crippen LogP contribution in [0.1, 0.15) is 31.2 Å². The van der Waals surface area contributed by atoms with E-state index in [0.717, 1.165) is 36.4 Å². The first-order chi connectivity index (χ1) is 18.4. The van der Waals surface area contributed by atoms with Crippen molar-refractivity contribution in [2.75, 3.05) is 11.5 Å². The lowest BCUT2D eigenvalue weighted by Gasteiger charge is -2.50. The number of pyridine rings is 1. The molecule has 3 aliphatic rings. The number of amides is 2. The predicted octanol–water partition coefficient (Wildman–Crippen LogP) is -0.486. The first-order valence-corrected chi connectivity index (χ1v) is 13.8. The molecule has 3 N–H and O–H groups in total. The molecule has 1 saturated heterocycles. The van der Waals surface area contributed by atoms with Crippen molar-refractivity contribution in [3.63, 3.8) is 0 Å². The highest BCUT2D eigenvalue weighted by atomic mass is 32.2. The van der Waals surface area contributed by atoms with Crippen molar-refractivity contribution in [3.8, 4) is 0 Å². The lowest BCUT2D eigenvalue weighted by molar-refractivity contribution is -0.689. The summed E-state index contributed by atoms with van der Waals surface area (Å²) in [7, 11) is 0. The molecule has 1 aliphatic carbocycles. The van der Waals surface area contributed by atoms with Crippen molar-refractivity contribution in [2.45, 2.75) is 50.3 Å². The van der Waals surface area contributed by atoms with Crippen LogP contribution in [0.5, 0.6) is 0 Å². The number of rotatable bonds is 9. The molecule has 1 fully saturated rings. The van der Waals surface area contributed by atoms with Gasteiger partial charge in [-0.2, -0.15) is 9.36 Å². The molecule has 0 aromatic carbocycles. The summed E-state index contributed by atoms with van der Waals surface area (Å²) < 4.78 is 5.94. The Hall–Kier alpha value is -3.78. The van der Waals surface area contributed by atoms with Crippen molar-refractivity contribution in [1.82, 2.24) is 19.6 Å². The summed E-state index contributed by atoms with van der Waals surface area (Å²) in [4.78, 5) is 49.1. The first-order valence-electron chi connectivity index (χ1n) is 12.0. The number of aromatic nitrogens is 3. The minimum absolute atomic E-state index is 0.0177. The van der Waals surface area contributed by atoms with E-state index in [2.05, 4.69) is 19.8 Å². The number of carboxylic acid groups (broad SMARTS) is 1. The molecule has 2 aromatic rings. The number of nitrogens with one attached hydrogen (secondary N) is 1. The third kappa shape index (κ3) is 5.13. The van der Waals surface area contributed by atoms with E-state index >= 15 is 0 Å². The summed E-state index contributed by atoms with van der Waals surface area (Å²) in [5.74, 6) is -2.37. The number of hydrogen-bond donors (Lipinski definition) is 2. The van der Waals surface area contributed by atoms with Crippen LogP contribution in [0.15, 0.2) is 53.1 Å². The molecule has 2 unspecified atom stereocenters. The number of thioether (sulfide) groups is 1. The normalized spacial score (nSPS) is 22.8. The predicted molar refractivity (Wildman–Crippen MR) is 137 cm³/mol. The van der Waals surface area contributed by atoms with Gasteiger partial charge in [0.2, 0.25) is 11.5 Å². The second-order valence-corrected chi connectivity index (χ2v) is 10.8. The number of carboxylic acids is 1. The lowest BCUT2D eigenvalue weighted by atomic mass is 10.0. The zero-order chi connectivity index (χ0) is 26.8. The third-order valence-electron chi connectivity index (χ3n) is 6.34. The lowest BCUT2D eigenvalue weighted by Crippen LogP contribution is -2.71. The molecule has 5 rings (SSSR count). The Labute approximate surface area is 226 Å². The Bertz CT molecular complexity index is 1370. The molecule has 198 valence electrons. The van der Waals surface area contributed by atoms with Crippen LogP contribution in [0.3, 0.4) is 0 Å². The second-order valence-electron chi connectivity index (χ2n) is 8.88. The molecule has 38 heavy (non-hydrogen) atoms. The Kier molecular flexibility index (Phi) is 7.42. The fourth-order valence-electron chi connectivity index (χ4n) is 4.44. The van der Waals surface area contributed by atoms with E-state index in [4.69, 9.17) is 10.6 Å². The minimum atomic E-state index is -1.43. The van der Waals surface area contributed by atoms with Gasteiger partial charge >= 0.3 is 0 Å². The second kappa shape index (κ2) is 10.9. The summed E-state index contributed by atoms with van der Waals surface area (Å²) in [5, 5.41) is 18.3. The standard InChI is InChI=1S/C24H25N7O5S2/c1-2-13-6-5-9-30(10-13)11-14-12-37-22-17(21(33)31(22)18(14)23(34)35)26-20(32)16(19-27-24(25)38-29-19)28-36-15-7-3-4-8-15/h3,5-7,9-10,15,17,22H,2,4,8,11-12H2,1H3,(H3-,25,26,27,29,32,34,35)/t15?,17?,22-/m0/s1. The minimum Gasteiger partial charge on any atom is -0.543 e. The van der Waals surface area contributed by atoms with Gasteiger partial charge in [0.25, 0.3) is 11.8 Å². The third-order valence-corrected chi connectivity index (χ3v) is 8.23. The van der Waals surface area contributed by atoms with Gasteiger partial charge in [0.15, 0.2) is 24.1 Å². The van der Waals surface area contributed by atoms with E-state index in [9.17, 15) is 19.5 Å². The number of carbonyl (C=O) groups excluding carboxylic acids is 3. The molecule has 4 heterocycles. The molecule has 12 nitrogen and oxygen atoms in total. The number of allylic oxidation sites excluding steroid dienone is 1. The van der Waals surface area contributed by atoms with Crippen molar-refractivity contribution in [3.05, 3.63) is 59.3 Å². The fraction of sp³-hybridized carbons (Fsp3) is 0.375. The average Bonchev–Trinajstić information content (AvgIpc) is 3.59. The smallest absolute Gasteiger partial charge is 0.278 e. The van der Waals surface area contributed by atoms with E-state index in [0.29, 0.717) is 17.9 Å². The number of carbonyl (C=O) groups is 3. The molecule has 0 radical (unpaired) electrons. The maximum absolute atomic E-state index is 13.2. The number of nitrogens with two attached hydrogens (primary N) is 1. The number of β-lactam (4-membered cyclic amide) rings is 1. The van der Waals surface area contributed by atoms with E-state index in [1.807, 2.05) is 48.2 Å². The number of hydrogen-bond acceptors (Lipinski definition) is 11. The first kappa shape index (κ1) is 25.9. The largest absolute Gasteiger partial charge is 0.543 e. The molecular weight excluding hydrogens is 530 g/mol. The van der Waals surface area contributed by atoms with Gasteiger partial charge in [-0.15, -0.1) is 11.8 Å². The van der Waals surface area contributed by atoms with Crippen LogP contribution in [0.2, 0.25) is 0 Å². The molecule has 2 amide bonds. The van der Waals surface area contributed by atoms with Gasteiger partial charge in [0.05, 0.1) is 11.7 Å². The Morgan fingerprint density at radius 1 is 1.42 bits per heavy atom. The van der Waals surface area contributed by atoms with Crippen LogP contribution in [-0.2, 0) is 32.2 Å². The van der Waals surface area contributed by atoms with E-state index < -0.39 is 29.2 Å². The van der Waals surface area contributed by atoms with Crippen LogP contribution in [0.25, 0.3) is 0 Å². The zero-order valence-corrected chi connectivity index (χ0v) is 22.0. The maximum Gasteiger partial charge on any atom is 0.278 e. The van der Waals surface area contributed by atoms with Crippen LogP contribution < -0.4 is 20.7 Å². The van der Waals surface area contributed by atoms with Crippen molar-refractivity contribution >= 4 is 51.9 Å². The SMILES string of the molecule is CCc1ccc[n+](CC2=C(C(=O)[O-])N3C(=O)C(NC(=O)C(=NOC4C=CCC4)c4nsc(N)n4)[C@@H]3SC2)c1. The van der Waals surface area contributed by atoms with E-state index in [-0.39, 0.29) is 28.5 Å². The highest BCUT2D eigenvalue weighted by Crippen LogP contribution is 2.40. The summed E-state index contributed by atoms with van der Waals surface area (Å²) in [6.45, 7) is 2.34. The number of fused-ring (bicyclic) bond motifs is 1. The molecule has 3 atom stereocenters. The number of aryl methyl sites for hydroxylation is 1. The molecule has 2 aromatic heterocycles. The Balaban J connectivity index is 1.34. The van der Waals surface area contributed by atoms with Crippen LogP contribution in [0.4, 0.5) is 5.13 Å². The summed E-state index contributed by atoms with van der Waals surface area (Å²) in [6.07, 6.45) is 9.71. The van der Waals surface area contributed by atoms with Gasteiger partial charge < -0.3 is 25.8 Å². The molecule has 0 saturated carbocycles. The van der Waals surface area contributed by atoms with Gasteiger partial charge in [-0.1, -0.05) is 18.2 Å². The monoisotopic (exact) mass is 555 g/mol. The van der Waals surface area contributed by atoms with E-state index in [1.165, 1.54) is 16.7 Å². The quantitative estimate of drug-likeness (QED) is 0.136. The Morgan fingerprint density at radius 2 is 2.26 bits per heavy atom. The number of aliphatic carboxylic acids is 1. The van der Waals surface area contributed by atoms with Crippen LogP contribution in [-0.4, -0.2) is 61.0 Å². The molecule has 14 heteroatoms. The summed E-state index contributed by atoms with van der Waals surface area (Å²) in [6, 6.07) is 2.92. The number of anilines is 1. The van der Waals surface area contributed by atoms with Crippen molar-refractivity contribution < 1.29 is 28.9 Å².